The van der Waals surface area contributed by atoms with Gasteiger partial charge >= 0.3 is 0 Å². The van der Waals surface area contributed by atoms with Gasteiger partial charge in [0.1, 0.15) is 0 Å². The molecule has 0 saturated carbocycles. The van der Waals surface area contributed by atoms with Crippen molar-refractivity contribution in [3.63, 3.8) is 0 Å². The number of nitrogens with zero attached hydrogens (tertiary/aromatic N) is 1. The molecule has 0 aliphatic carbocycles. The lowest BCUT2D eigenvalue weighted by atomic mass is 9.97. The fourth-order valence-corrected chi connectivity index (χ4v) is 2.52. The van der Waals surface area contributed by atoms with Gasteiger partial charge in [-0.2, -0.15) is 0 Å². The molecule has 0 aromatic carbocycles. The standard InChI is InChI=1S/C15H32N2O.H2/c1-13(2)11-17-8-5-15(6-9-17)12-18-10-7-16-14(3)4;/h13-16H,5-12H2,1-4H3;1H. The third-order valence-corrected chi connectivity index (χ3v) is 3.48. The Labute approximate surface area is 115 Å². The van der Waals surface area contributed by atoms with Gasteiger partial charge in [-0.15, -0.1) is 0 Å². The molecule has 18 heavy (non-hydrogen) atoms. The first-order valence-corrected chi connectivity index (χ1v) is 7.61. The summed E-state index contributed by atoms with van der Waals surface area (Å²) in [5.74, 6) is 1.58. The van der Waals surface area contributed by atoms with E-state index in [-0.39, 0.29) is 1.43 Å². The molecule has 0 amide bonds. The van der Waals surface area contributed by atoms with E-state index >= 15 is 0 Å². The smallest absolute Gasteiger partial charge is 0.0591 e. The van der Waals surface area contributed by atoms with E-state index < -0.39 is 0 Å². The third kappa shape index (κ3) is 7.34. The minimum Gasteiger partial charge on any atom is -0.380 e. The van der Waals surface area contributed by atoms with Crippen molar-refractivity contribution in [2.24, 2.45) is 11.8 Å². The van der Waals surface area contributed by atoms with E-state index in [1.807, 2.05) is 0 Å². The van der Waals surface area contributed by atoms with Crippen LogP contribution in [0.3, 0.4) is 0 Å². The molecule has 110 valence electrons. The Morgan fingerprint density at radius 3 is 2.44 bits per heavy atom. The zero-order chi connectivity index (χ0) is 13.4. The Balaban J connectivity index is 0.00000324. The van der Waals surface area contributed by atoms with Crippen LogP contribution in [0.4, 0.5) is 0 Å². The molecule has 1 aliphatic heterocycles. The largest absolute Gasteiger partial charge is 0.380 e. The summed E-state index contributed by atoms with van der Waals surface area (Å²) in [7, 11) is 0. The van der Waals surface area contributed by atoms with Crippen molar-refractivity contribution < 1.29 is 6.16 Å². The summed E-state index contributed by atoms with van der Waals surface area (Å²) < 4.78 is 5.76. The normalized spacial score (nSPS) is 19.0. The van der Waals surface area contributed by atoms with Crippen molar-refractivity contribution >= 4 is 0 Å². The van der Waals surface area contributed by atoms with E-state index in [1.165, 1.54) is 32.5 Å². The molecular weight excluding hydrogens is 224 g/mol. The molecule has 1 heterocycles. The first-order chi connectivity index (χ1) is 8.58. The molecule has 0 atom stereocenters. The molecular formula is C15H34N2O. The Bertz CT molecular complexity index is 204. The van der Waals surface area contributed by atoms with Gasteiger partial charge in [-0.25, -0.2) is 0 Å². The summed E-state index contributed by atoms with van der Waals surface area (Å²) in [5.41, 5.74) is 0. The van der Waals surface area contributed by atoms with Crippen LogP contribution in [-0.2, 0) is 4.74 Å². The summed E-state index contributed by atoms with van der Waals surface area (Å²) >= 11 is 0. The SMILES string of the molecule is CC(C)CN1CCC(COCCNC(C)C)CC1.[HH]. The van der Waals surface area contributed by atoms with Gasteiger partial charge in [-0.1, -0.05) is 27.7 Å². The van der Waals surface area contributed by atoms with E-state index in [4.69, 9.17) is 4.74 Å². The lowest BCUT2D eigenvalue weighted by molar-refractivity contribution is 0.0652. The van der Waals surface area contributed by atoms with Crippen LogP contribution in [0.25, 0.3) is 0 Å². The zero-order valence-corrected chi connectivity index (χ0v) is 12.7. The molecule has 0 aromatic rings. The van der Waals surface area contributed by atoms with Crippen LogP contribution in [0.15, 0.2) is 0 Å². The number of hydrogen-bond acceptors (Lipinski definition) is 3. The molecule has 0 spiro atoms. The molecule has 0 bridgehead atoms. The lowest BCUT2D eigenvalue weighted by Crippen LogP contribution is -2.37. The topological polar surface area (TPSA) is 24.5 Å². The van der Waals surface area contributed by atoms with Crippen molar-refractivity contribution in [2.45, 2.75) is 46.6 Å². The molecule has 1 saturated heterocycles. The number of likely N-dealkylation sites (tertiary alicyclic amines) is 1. The van der Waals surface area contributed by atoms with Crippen LogP contribution in [-0.4, -0.2) is 50.3 Å². The fraction of sp³-hybridized carbons (Fsp3) is 1.00. The molecule has 1 N–H and O–H groups in total. The summed E-state index contributed by atoms with van der Waals surface area (Å²) in [6.45, 7) is 15.5. The van der Waals surface area contributed by atoms with Crippen molar-refractivity contribution in [1.82, 2.24) is 10.2 Å². The van der Waals surface area contributed by atoms with Gasteiger partial charge in [0, 0.05) is 27.2 Å². The van der Waals surface area contributed by atoms with Crippen molar-refractivity contribution in [2.75, 3.05) is 39.4 Å². The average molecular weight is 258 g/mol. The van der Waals surface area contributed by atoms with E-state index in [0.717, 1.165) is 31.6 Å². The summed E-state index contributed by atoms with van der Waals surface area (Å²) in [5, 5.41) is 3.38. The first kappa shape index (κ1) is 15.9. The Hall–Kier alpha value is -0.120. The number of ether oxygens (including phenoxy) is 1. The number of nitrogens with one attached hydrogen (secondary N) is 1. The van der Waals surface area contributed by atoms with Gasteiger partial charge in [0.15, 0.2) is 0 Å². The Morgan fingerprint density at radius 2 is 1.89 bits per heavy atom. The molecule has 3 heteroatoms. The Kier molecular flexibility index (Phi) is 7.87. The molecule has 1 rings (SSSR count). The van der Waals surface area contributed by atoms with Crippen molar-refractivity contribution in [3.05, 3.63) is 0 Å². The predicted octanol–water partition coefficient (Wildman–Crippen LogP) is 2.62. The maximum Gasteiger partial charge on any atom is 0.0591 e. The van der Waals surface area contributed by atoms with Crippen molar-refractivity contribution in [3.8, 4) is 0 Å². The molecule has 1 aliphatic rings. The molecule has 0 radical (unpaired) electrons. The second-order valence-corrected chi connectivity index (χ2v) is 6.32. The monoisotopic (exact) mass is 258 g/mol. The van der Waals surface area contributed by atoms with Crippen molar-refractivity contribution in [1.29, 1.82) is 0 Å². The summed E-state index contributed by atoms with van der Waals surface area (Å²) in [6.07, 6.45) is 2.62. The van der Waals surface area contributed by atoms with E-state index in [1.54, 1.807) is 0 Å². The van der Waals surface area contributed by atoms with Crippen LogP contribution in [0, 0.1) is 11.8 Å². The predicted molar refractivity (Wildman–Crippen MR) is 80.1 cm³/mol. The molecule has 0 aromatic heterocycles. The second kappa shape index (κ2) is 8.89. The van der Waals surface area contributed by atoms with E-state index in [9.17, 15) is 0 Å². The molecule has 0 unspecified atom stereocenters. The number of piperidine rings is 1. The minimum atomic E-state index is 0. The van der Waals surface area contributed by atoms with Gasteiger partial charge in [0.05, 0.1) is 6.61 Å². The maximum atomic E-state index is 5.76. The van der Waals surface area contributed by atoms with Gasteiger partial charge in [0.25, 0.3) is 0 Å². The van der Waals surface area contributed by atoms with Crippen LogP contribution < -0.4 is 5.32 Å². The second-order valence-electron chi connectivity index (χ2n) is 6.32. The number of hydrogen-bond donors (Lipinski definition) is 1. The van der Waals surface area contributed by atoms with Gasteiger partial charge in [-0.05, 0) is 37.8 Å². The average Bonchev–Trinajstić information content (AvgIpc) is 2.30. The van der Waals surface area contributed by atoms with Gasteiger partial charge in [-0.3, -0.25) is 0 Å². The highest BCUT2D eigenvalue weighted by atomic mass is 16.5. The summed E-state index contributed by atoms with van der Waals surface area (Å²) in [4.78, 5) is 2.60. The highest BCUT2D eigenvalue weighted by Crippen LogP contribution is 2.18. The van der Waals surface area contributed by atoms with Crippen LogP contribution in [0.1, 0.15) is 42.0 Å². The van der Waals surface area contributed by atoms with Crippen LogP contribution in [0.5, 0.6) is 0 Å². The summed E-state index contributed by atoms with van der Waals surface area (Å²) in [6, 6.07) is 0.563. The maximum absolute atomic E-state index is 5.76. The molecule has 3 nitrogen and oxygen atoms in total. The van der Waals surface area contributed by atoms with Gasteiger partial charge < -0.3 is 15.0 Å². The van der Waals surface area contributed by atoms with E-state index in [2.05, 4.69) is 37.9 Å². The zero-order valence-electron chi connectivity index (χ0n) is 12.7. The highest BCUT2D eigenvalue weighted by Gasteiger charge is 2.19. The number of rotatable bonds is 8. The van der Waals surface area contributed by atoms with Gasteiger partial charge in [0.2, 0.25) is 0 Å². The van der Waals surface area contributed by atoms with Crippen LogP contribution >= 0.6 is 0 Å². The lowest BCUT2D eigenvalue weighted by Gasteiger charge is -2.32. The minimum absolute atomic E-state index is 0. The molecule has 1 fully saturated rings. The quantitative estimate of drug-likeness (QED) is 0.677. The van der Waals surface area contributed by atoms with Crippen LogP contribution in [0.2, 0.25) is 0 Å². The van der Waals surface area contributed by atoms with E-state index in [0.29, 0.717) is 6.04 Å². The highest BCUT2D eigenvalue weighted by molar-refractivity contribution is 4.72. The third-order valence-electron chi connectivity index (χ3n) is 3.48. The first-order valence-electron chi connectivity index (χ1n) is 7.61. The Morgan fingerprint density at radius 1 is 1.22 bits per heavy atom. The fourth-order valence-electron chi connectivity index (χ4n) is 2.52.